The number of benzene rings is 1. The summed E-state index contributed by atoms with van der Waals surface area (Å²) >= 11 is 0. The van der Waals surface area contributed by atoms with Crippen molar-refractivity contribution >= 4 is 45.9 Å². The van der Waals surface area contributed by atoms with Crippen molar-refractivity contribution in [1.82, 2.24) is 0 Å². The van der Waals surface area contributed by atoms with Gasteiger partial charge in [-0.2, -0.15) is 0 Å². The first-order chi connectivity index (χ1) is 8.07. The minimum Gasteiger partial charge on any atom is -0.424 e. The summed E-state index contributed by atoms with van der Waals surface area (Å²) in [4.78, 5) is 11.9. The van der Waals surface area contributed by atoms with Crippen LogP contribution in [0, 0.1) is 18.2 Å². The van der Waals surface area contributed by atoms with Gasteiger partial charge in [0, 0.05) is 0 Å². The number of carbonyl (C=O) groups excluding carboxylic acids is 1. The standard InChI is InChI=1S/C12H18B3FO2/c1-5-6(13)7(14)8(15)10(9(5)16)18-11(17)12(2,3)4/h13-15H2,1-4H3. The van der Waals surface area contributed by atoms with Gasteiger partial charge in [0.05, 0.1) is 5.41 Å². The van der Waals surface area contributed by atoms with Crippen molar-refractivity contribution in [1.29, 1.82) is 0 Å². The molecule has 0 amide bonds. The molecule has 0 spiro atoms. The second-order valence-electron chi connectivity index (χ2n) is 5.78. The van der Waals surface area contributed by atoms with Crippen LogP contribution in [0.15, 0.2) is 0 Å². The van der Waals surface area contributed by atoms with Gasteiger partial charge in [0.25, 0.3) is 0 Å². The molecule has 0 aromatic heterocycles. The molecule has 6 heteroatoms. The van der Waals surface area contributed by atoms with Crippen molar-refractivity contribution in [2.24, 2.45) is 5.41 Å². The van der Waals surface area contributed by atoms with Gasteiger partial charge < -0.3 is 4.74 Å². The molecule has 18 heavy (non-hydrogen) atoms. The third-order valence-electron chi connectivity index (χ3n) is 3.36. The van der Waals surface area contributed by atoms with Crippen molar-refractivity contribution in [3.8, 4) is 5.75 Å². The highest BCUT2D eigenvalue weighted by Gasteiger charge is 2.26. The molecule has 0 saturated carbocycles. The first-order valence-electron chi connectivity index (χ1n) is 6.05. The van der Waals surface area contributed by atoms with Crippen LogP contribution in [-0.2, 0) is 4.79 Å². The molecular weight excluding hydrogens is 228 g/mol. The maximum absolute atomic E-state index is 14.2. The van der Waals surface area contributed by atoms with Crippen LogP contribution in [-0.4, -0.2) is 29.5 Å². The van der Waals surface area contributed by atoms with Gasteiger partial charge in [-0.3, -0.25) is 4.79 Å². The highest BCUT2D eigenvalue weighted by Crippen LogP contribution is 2.20. The van der Waals surface area contributed by atoms with E-state index >= 15 is 0 Å². The molecule has 0 heterocycles. The zero-order valence-corrected chi connectivity index (χ0v) is 12.2. The third-order valence-corrected chi connectivity index (χ3v) is 3.36. The number of rotatable bonds is 1. The Kier molecular flexibility index (Phi) is 3.99. The van der Waals surface area contributed by atoms with Gasteiger partial charge in [0.1, 0.15) is 23.5 Å². The lowest BCUT2D eigenvalue weighted by Gasteiger charge is -2.20. The summed E-state index contributed by atoms with van der Waals surface area (Å²) in [6.45, 7) is 6.94. The summed E-state index contributed by atoms with van der Waals surface area (Å²) in [6.07, 6.45) is 0. The van der Waals surface area contributed by atoms with Crippen molar-refractivity contribution in [3.05, 3.63) is 11.4 Å². The summed E-state index contributed by atoms with van der Waals surface area (Å²) in [6, 6.07) is 0. The first-order valence-corrected chi connectivity index (χ1v) is 6.05. The lowest BCUT2D eigenvalue weighted by atomic mass is 9.70. The Morgan fingerprint density at radius 3 is 2.06 bits per heavy atom. The lowest BCUT2D eigenvalue weighted by molar-refractivity contribution is -0.143. The van der Waals surface area contributed by atoms with Crippen molar-refractivity contribution in [2.45, 2.75) is 27.7 Å². The van der Waals surface area contributed by atoms with E-state index in [4.69, 9.17) is 4.74 Å². The third kappa shape index (κ3) is 2.63. The van der Waals surface area contributed by atoms with Crippen LogP contribution in [0.1, 0.15) is 26.3 Å². The zero-order chi connectivity index (χ0) is 14.2. The summed E-state index contributed by atoms with van der Waals surface area (Å²) < 4.78 is 19.4. The Balaban J connectivity index is 3.31. The van der Waals surface area contributed by atoms with Crippen molar-refractivity contribution < 1.29 is 13.9 Å². The van der Waals surface area contributed by atoms with E-state index in [0.717, 1.165) is 10.9 Å². The maximum Gasteiger partial charge on any atom is 0.316 e. The molecule has 0 atom stereocenters. The lowest BCUT2D eigenvalue weighted by Crippen LogP contribution is -2.43. The normalized spacial score (nSPS) is 11.4. The highest BCUT2D eigenvalue weighted by atomic mass is 19.1. The summed E-state index contributed by atoms with van der Waals surface area (Å²) in [7, 11) is 5.55. The van der Waals surface area contributed by atoms with E-state index in [2.05, 4.69) is 0 Å². The number of halogens is 1. The zero-order valence-electron chi connectivity index (χ0n) is 12.2. The fourth-order valence-corrected chi connectivity index (χ4v) is 1.60. The largest absolute Gasteiger partial charge is 0.424 e. The van der Waals surface area contributed by atoms with Crippen LogP contribution >= 0.6 is 0 Å². The van der Waals surface area contributed by atoms with Crippen LogP contribution in [0.4, 0.5) is 4.39 Å². The Bertz CT molecular complexity index is 478. The number of carbonyl (C=O) groups is 1. The predicted molar refractivity (Wildman–Crippen MR) is 80.8 cm³/mol. The van der Waals surface area contributed by atoms with E-state index in [0.29, 0.717) is 11.0 Å². The minimum absolute atomic E-state index is 0.0653. The topological polar surface area (TPSA) is 26.3 Å². The molecule has 0 N–H and O–H groups in total. The van der Waals surface area contributed by atoms with Gasteiger partial charge in [-0.15, -0.1) is 0 Å². The Morgan fingerprint density at radius 2 is 1.61 bits per heavy atom. The molecule has 0 radical (unpaired) electrons. The van der Waals surface area contributed by atoms with Gasteiger partial charge >= 0.3 is 5.97 Å². The second-order valence-corrected chi connectivity index (χ2v) is 5.78. The van der Waals surface area contributed by atoms with E-state index in [9.17, 15) is 9.18 Å². The second kappa shape index (κ2) is 4.83. The van der Waals surface area contributed by atoms with Gasteiger partial charge in [0.2, 0.25) is 0 Å². The number of ether oxygens (including phenoxy) is 1. The first kappa shape index (κ1) is 14.9. The number of hydrogen-bond acceptors (Lipinski definition) is 2. The van der Waals surface area contributed by atoms with Gasteiger partial charge in [-0.1, -0.05) is 16.4 Å². The minimum atomic E-state index is -0.647. The van der Waals surface area contributed by atoms with Crippen molar-refractivity contribution in [3.63, 3.8) is 0 Å². The van der Waals surface area contributed by atoms with E-state index in [1.165, 1.54) is 0 Å². The monoisotopic (exact) mass is 246 g/mol. The molecule has 0 saturated heterocycles. The molecule has 0 bridgehead atoms. The van der Waals surface area contributed by atoms with Gasteiger partial charge in [0.15, 0.2) is 11.6 Å². The van der Waals surface area contributed by atoms with Crippen molar-refractivity contribution in [2.75, 3.05) is 0 Å². The molecule has 2 nitrogen and oxygen atoms in total. The molecule has 1 rings (SSSR count). The maximum atomic E-state index is 14.2. The molecule has 0 aliphatic carbocycles. The fourth-order valence-electron chi connectivity index (χ4n) is 1.60. The van der Waals surface area contributed by atoms with E-state index < -0.39 is 17.2 Å². The number of hydrogen-bond donors (Lipinski definition) is 0. The van der Waals surface area contributed by atoms with Gasteiger partial charge in [-0.25, -0.2) is 4.39 Å². The quantitative estimate of drug-likeness (QED) is 0.321. The molecule has 1 aromatic carbocycles. The summed E-state index contributed by atoms with van der Waals surface area (Å²) in [5.41, 5.74) is 2.44. The molecule has 0 fully saturated rings. The average molecular weight is 246 g/mol. The molecule has 1 aromatic rings. The van der Waals surface area contributed by atoms with Crippen LogP contribution in [0.5, 0.6) is 5.75 Å². The summed E-state index contributed by atoms with van der Waals surface area (Å²) in [5.74, 6) is -0.795. The van der Waals surface area contributed by atoms with Gasteiger partial charge in [-0.05, 0) is 33.3 Å². The van der Waals surface area contributed by atoms with E-state index in [-0.39, 0.29) is 5.75 Å². The van der Waals surface area contributed by atoms with Crippen LogP contribution in [0.25, 0.3) is 0 Å². The SMILES string of the molecule is Bc1c(B)c(C)c(F)c(OC(=O)C(C)(C)C)c1B. The Labute approximate surface area is 111 Å². The average Bonchev–Trinajstić information content (AvgIpc) is 2.28. The number of esters is 1. The smallest absolute Gasteiger partial charge is 0.316 e. The van der Waals surface area contributed by atoms with Crippen LogP contribution < -0.4 is 21.1 Å². The predicted octanol–water partition coefficient (Wildman–Crippen LogP) is -2.14. The van der Waals surface area contributed by atoms with Crippen LogP contribution in [0.3, 0.4) is 0 Å². The highest BCUT2D eigenvalue weighted by molar-refractivity contribution is 6.58. The summed E-state index contributed by atoms with van der Waals surface area (Å²) in [5, 5.41) is 0. The van der Waals surface area contributed by atoms with E-state index in [1.807, 2.05) is 15.7 Å². The Morgan fingerprint density at radius 1 is 1.11 bits per heavy atom. The fraction of sp³-hybridized carbons (Fsp3) is 0.417. The molecular formula is C12H18B3FO2. The van der Waals surface area contributed by atoms with Crippen LogP contribution in [0.2, 0.25) is 0 Å². The molecule has 0 aliphatic heterocycles. The Hall–Kier alpha value is -1.19. The molecule has 0 unspecified atom stereocenters. The van der Waals surface area contributed by atoms with E-state index in [1.54, 1.807) is 35.5 Å². The molecule has 0 aliphatic rings. The molecule has 94 valence electrons.